The van der Waals surface area contributed by atoms with Crippen LogP contribution in [0.15, 0.2) is 18.2 Å². The molecule has 0 saturated heterocycles. The maximum absolute atomic E-state index is 13.3. The number of halogens is 2. The molecule has 4 nitrogen and oxygen atoms in total. The van der Waals surface area contributed by atoms with Gasteiger partial charge in [0.1, 0.15) is 11.6 Å². The van der Waals surface area contributed by atoms with Crippen LogP contribution in [0.25, 0.3) is 0 Å². The molecule has 0 aliphatic rings. The third-order valence-electron chi connectivity index (χ3n) is 2.51. The molecule has 4 N–H and O–H groups in total. The van der Waals surface area contributed by atoms with E-state index in [1.54, 1.807) is 0 Å². The van der Waals surface area contributed by atoms with Crippen LogP contribution in [0.1, 0.15) is 18.6 Å². The fourth-order valence-electron chi connectivity index (χ4n) is 1.42. The van der Waals surface area contributed by atoms with Crippen LogP contribution in [-0.4, -0.2) is 40.6 Å². The van der Waals surface area contributed by atoms with Crippen molar-refractivity contribution in [3.63, 3.8) is 0 Å². The molecule has 0 amide bonds. The Hall–Kier alpha value is -1.08. The minimum atomic E-state index is -1.30. The number of nitrogens with one attached hydrogen (secondary N) is 1. The first-order valence-corrected chi connectivity index (χ1v) is 5.53. The first-order chi connectivity index (χ1) is 8.35. The van der Waals surface area contributed by atoms with Gasteiger partial charge in [0.25, 0.3) is 0 Å². The molecule has 2 unspecified atom stereocenters. The molecule has 0 bridgehead atoms. The molecule has 6 heteroatoms. The highest BCUT2D eigenvalue weighted by atomic mass is 19.1. The van der Waals surface area contributed by atoms with Crippen molar-refractivity contribution in [2.75, 3.05) is 19.7 Å². The predicted molar refractivity (Wildman–Crippen MR) is 61.9 cm³/mol. The Balaban J connectivity index is 2.53. The maximum atomic E-state index is 13.3. The predicted octanol–water partition coefficient (Wildman–Crippen LogP) is 0.331. The summed E-state index contributed by atoms with van der Waals surface area (Å²) in [7, 11) is 0. The molecular weight excluding hydrogens is 244 g/mol. The standard InChI is InChI=1S/C12H17F2NO3/c1-12(18,7-16)6-15-5-11(17)9-3-2-8(13)4-10(9)14/h2-4,11,15-18H,5-7H2,1H3. The van der Waals surface area contributed by atoms with E-state index >= 15 is 0 Å². The van der Waals surface area contributed by atoms with Crippen LogP contribution in [0.3, 0.4) is 0 Å². The zero-order valence-electron chi connectivity index (χ0n) is 10.0. The molecule has 0 aromatic heterocycles. The van der Waals surface area contributed by atoms with Gasteiger partial charge in [-0.1, -0.05) is 6.07 Å². The smallest absolute Gasteiger partial charge is 0.131 e. The van der Waals surface area contributed by atoms with E-state index in [1.807, 2.05) is 0 Å². The van der Waals surface area contributed by atoms with Gasteiger partial charge >= 0.3 is 0 Å². The van der Waals surface area contributed by atoms with Gasteiger partial charge in [-0.05, 0) is 13.0 Å². The first-order valence-electron chi connectivity index (χ1n) is 5.53. The van der Waals surface area contributed by atoms with Crippen LogP contribution in [0, 0.1) is 11.6 Å². The molecule has 1 aromatic rings. The van der Waals surface area contributed by atoms with Gasteiger partial charge in [0.15, 0.2) is 0 Å². The molecule has 0 aliphatic heterocycles. The van der Waals surface area contributed by atoms with Gasteiger partial charge in [0.05, 0.1) is 18.3 Å². The maximum Gasteiger partial charge on any atom is 0.131 e. The Morgan fingerprint density at radius 1 is 1.39 bits per heavy atom. The van der Waals surface area contributed by atoms with Crippen molar-refractivity contribution in [3.05, 3.63) is 35.4 Å². The van der Waals surface area contributed by atoms with Gasteiger partial charge in [0.2, 0.25) is 0 Å². The van der Waals surface area contributed by atoms with Gasteiger partial charge in [0, 0.05) is 24.7 Å². The highest BCUT2D eigenvalue weighted by molar-refractivity contribution is 5.21. The number of aliphatic hydroxyl groups excluding tert-OH is 2. The van der Waals surface area contributed by atoms with Crippen LogP contribution in [0.2, 0.25) is 0 Å². The van der Waals surface area contributed by atoms with Gasteiger partial charge in [-0.2, -0.15) is 0 Å². The number of hydrogen-bond donors (Lipinski definition) is 4. The second-order valence-corrected chi connectivity index (χ2v) is 4.47. The zero-order valence-corrected chi connectivity index (χ0v) is 10.0. The number of rotatable bonds is 6. The molecule has 0 radical (unpaired) electrons. The zero-order chi connectivity index (χ0) is 13.8. The third-order valence-corrected chi connectivity index (χ3v) is 2.51. The molecule has 1 aromatic carbocycles. The Morgan fingerprint density at radius 3 is 2.61 bits per heavy atom. The van der Waals surface area contributed by atoms with Crippen molar-refractivity contribution in [2.45, 2.75) is 18.6 Å². The van der Waals surface area contributed by atoms with Gasteiger partial charge in [-0.15, -0.1) is 0 Å². The van der Waals surface area contributed by atoms with E-state index in [0.717, 1.165) is 6.07 Å². The van der Waals surface area contributed by atoms with E-state index < -0.39 is 29.9 Å². The number of hydrogen-bond acceptors (Lipinski definition) is 4. The van der Waals surface area contributed by atoms with Crippen molar-refractivity contribution in [1.82, 2.24) is 5.32 Å². The van der Waals surface area contributed by atoms with Crippen LogP contribution >= 0.6 is 0 Å². The summed E-state index contributed by atoms with van der Waals surface area (Å²) in [5.74, 6) is -1.53. The second kappa shape index (κ2) is 6.19. The fraction of sp³-hybridized carbons (Fsp3) is 0.500. The van der Waals surface area contributed by atoms with Crippen LogP contribution < -0.4 is 5.32 Å². The summed E-state index contributed by atoms with van der Waals surface area (Å²) in [6.07, 6.45) is -1.15. The minimum Gasteiger partial charge on any atom is -0.393 e. The summed E-state index contributed by atoms with van der Waals surface area (Å²) < 4.78 is 26.0. The second-order valence-electron chi connectivity index (χ2n) is 4.47. The summed E-state index contributed by atoms with van der Waals surface area (Å²) in [4.78, 5) is 0. The SMILES string of the molecule is CC(O)(CO)CNCC(O)c1ccc(F)cc1F. The van der Waals surface area contributed by atoms with E-state index in [1.165, 1.54) is 13.0 Å². The average molecular weight is 261 g/mol. The van der Waals surface area contributed by atoms with E-state index in [0.29, 0.717) is 6.07 Å². The van der Waals surface area contributed by atoms with Gasteiger partial charge in [-0.3, -0.25) is 0 Å². The number of aliphatic hydroxyl groups is 3. The summed E-state index contributed by atoms with van der Waals surface area (Å²) in [6.45, 7) is 1.02. The molecule has 0 saturated carbocycles. The topological polar surface area (TPSA) is 72.7 Å². The lowest BCUT2D eigenvalue weighted by atomic mass is 10.1. The normalized spacial score (nSPS) is 16.3. The number of benzene rings is 1. The van der Waals surface area contributed by atoms with Crippen LogP contribution in [-0.2, 0) is 0 Å². The van der Waals surface area contributed by atoms with Crippen molar-refractivity contribution in [1.29, 1.82) is 0 Å². The highest BCUT2D eigenvalue weighted by Crippen LogP contribution is 2.17. The quantitative estimate of drug-likeness (QED) is 0.595. The Bertz CT molecular complexity index is 399. The van der Waals surface area contributed by atoms with Crippen LogP contribution in [0.5, 0.6) is 0 Å². The lowest BCUT2D eigenvalue weighted by molar-refractivity contribution is 0.000670. The largest absolute Gasteiger partial charge is 0.393 e. The summed E-state index contributed by atoms with van der Waals surface area (Å²) >= 11 is 0. The van der Waals surface area contributed by atoms with Crippen molar-refractivity contribution in [3.8, 4) is 0 Å². The van der Waals surface area contributed by atoms with Crippen molar-refractivity contribution >= 4 is 0 Å². The minimum absolute atomic E-state index is 0.0152. The molecule has 0 heterocycles. The van der Waals surface area contributed by atoms with Crippen molar-refractivity contribution < 1.29 is 24.1 Å². The van der Waals surface area contributed by atoms with E-state index in [4.69, 9.17) is 5.11 Å². The summed E-state index contributed by atoms with van der Waals surface area (Å²) in [5, 5.41) is 30.7. The first kappa shape index (κ1) is 15.0. The van der Waals surface area contributed by atoms with Crippen LogP contribution in [0.4, 0.5) is 8.78 Å². The molecule has 2 atom stereocenters. The summed E-state index contributed by atoms with van der Waals surface area (Å²) in [6, 6.07) is 2.93. The molecule has 1 rings (SSSR count). The lowest BCUT2D eigenvalue weighted by Gasteiger charge is -2.22. The lowest BCUT2D eigenvalue weighted by Crippen LogP contribution is -2.42. The van der Waals surface area contributed by atoms with Crippen molar-refractivity contribution in [2.24, 2.45) is 0 Å². The molecule has 102 valence electrons. The highest BCUT2D eigenvalue weighted by Gasteiger charge is 2.19. The Kier molecular flexibility index (Phi) is 5.15. The van der Waals surface area contributed by atoms with E-state index in [9.17, 15) is 19.0 Å². The molecule has 0 aliphatic carbocycles. The summed E-state index contributed by atoms with van der Waals surface area (Å²) in [5.41, 5.74) is -1.33. The monoisotopic (exact) mass is 261 g/mol. The third kappa shape index (κ3) is 4.30. The van der Waals surface area contributed by atoms with E-state index in [-0.39, 0.29) is 18.7 Å². The molecule has 0 fully saturated rings. The molecular formula is C12H17F2NO3. The molecule has 0 spiro atoms. The fourth-order valence-corrected chi connectivity index (χ4v) is 1.42. The van der Waals surface area contributed by atoms with E-state index in [2.05, 4.69) is 5.32 Å². The van der Waals surface area contributed by atoms with Gasteiger partial charge in [-0.25, -0.2) is 8.78 Å². The Morgan fingerprint density at radius 2 is 2.06 bits per heavy atom. The average Bonchev–Trinajstić information content (AvgIpc) is 2.28. The molecule has 18 heavy (non-hydrogen) atoms. The Labute approximate surface area is 104 Å². The van der Waals surface area contributed by atoms with Gasteiger partial charge < -0.3 is 20.6 Å².